The van der Waals surface area contributed by atoms with Crippen molar-refractivity contribution in [3.8, 4) is 0 Å². The van der Waals surface area contributed by atoms with Gasteiger partial charge in [0.2, 0.25) is 11.9 Å². The van der Waals surface area contributed by atoms with E-state index in [-0.39, 0.29) is 11.6 Å². The Morgan fingerprint density at radius 3 is 2.56 bits per heavy atom. The molecule has 2 saturated carbocycles. The number of nitrogens with two attached hydrogens (primary N) is 1. The molecule has 3 aromatic rings. The van der Waals surface area contributed by atoms with Gasteiger partial charge >= 0.3 is 6.18 Å². The van der Waals surface area contributed by atoms with E-state index in [1.54, 1.807) is 12.3 Å². The fraction of sp³-hybridized carbons (Fsp3) is 0.542. The van der Waals surface area contributed by atoms with Crippen LogP contribution >= 0.6 is 0 Å². The number of halogens is 3. The summed E-state index contributed by atoms with van der Waals surface area (Å²) in [6, 6.07) is 5.30. The number of nitrogens with one attached hydrogen (secondary N) is 2. The number of rotatable bonds is 6. The van der Waals surface area contributed by atoms with Gasteiger partial charge in [-0.2, -0.15) is 18.2 Å². The lowest BCUT2D eigenvalue weighted by Gasteiger charge is -2.39. The van der Waals surface area contributed by atoms with Crippen LogP contribution in [0, 0.1) is 5.92 Å². The molecule has 0 radical (unpaired) electrons. The van der Waals surface area contributed by atoms with Gasteiger partial charge in [-0.25, -0.2) is 9.97 Å². The Morgan fingerprint density at radius 2 is 1.91 bits per heavy atom. The monoisotopic (exact) mass is 473 g/mol. The molecule has 0 saturated heterocycles. The maximum absolute atomic E-state index is 13.2. The van der Waals surface area contributed by atoms with Crippen LogP contribution in [0.15, 0.2) is 30.5 Å². The highest BCUT2D eigenvalue weighted by molar-refractivity contribution is 5.76. The molecule has 4 N–H and O–H groups in total. The minimum absolute atomic E-state index is 0.00315. The molecule has 2 aromatic heterocycles. The van der Waals surface area contributed by atoms with E-state index in [9.17, 15) is 13.2 Å². The van der Waals surface area contributed by atoms with Crippen molar-refractivity contribution in [1.82, 2.24) is 19.5 Å². The van der Waals surface area contributed by atoms with Crippen LogP contribution in [-0.4, -0.2) is 31.6 Å². The summed E-state index contributed by atoms with van der Waals surface area (Å²) in [5.74, 6) is 1.53. The highest BCUT2D eigenvalue weighted by Gasteiger charge is 2.33. The summed E-state index contributed by atoms with van der Waals surface area (Å²) in [4.78, 5) is 13.9. The second-order valence-corrected chi connectivity index (χ2v) is 9.86. The molecular formula is C24H30F3N7. The normalized spacial score (nSPS) is 22.4. The third kappa shape index (κ3) is 4.55. The topological polar surface area (TPSA) is 93.7 Å². The molecule has 2 fully saturated rings. The van der Waals surface area contributed by atoms with Crippen LogP contribution in [0.1, 0.15) is 63.5 Å². The maximum Gasteiger partial charge on any atom is 0.416 e. The molecule has 2 aliphatic rings. The summed E-state index contributed by atoms with van der Waals surface area (Å²) >= 11 is 0. The first kappa shape index (κ1) is 22.9. The van der Waals surface area contributed by atoms with Gasteiger partial charge in [-0.1, -0.05) is 6.07 Å². The van der Waals surface area contributed by atoms with Gasteiger partial charge in [0.1, 0.15) is 5.52 Å². The van der Waals surface area contributed by atoms with Gasteiger partial charge in [-0.05, 0) is 82.5 Å². The van der Waals surface area contributed by atoms with Gasteiger partial charge in [0, 0.05) is 17.3 Å². The Bertz CT molecular complexity index is 1160. The van der Waals surface area contributed by atoms with E-state index >= 15 is 0 Å². The van der Waals surface area contributed by atoms with E-state index in [0.29, 0.717) is 41.2 Å². The average Bonchev–Trinajstić information content (AvgIpc) is 3.14. The molecule has 0 aliphatic heterocycles. The second kappa shape index (κ2) is 8.72. The molecule has 0 bridgehead atoms. The van der Waals surface area contributed by atoms with E-state index in [1.807, 2.05) is 4.57 Å². The Morgan fingerprint density at radius 1 is 1.15 bits per heavy atom. The fourth-order valence-corrected chi connectivity index (χ4v) is 5.03. The third-order valence-electron chi connectivity index (χ3n) is 7.26. The first-order valence-electron chi connectivity index (χ1n) is 11.9. The predicted octanol–water partition coefficient (Wildman–Crippen LogP) is 5.63. The van der Waals surface area contributed by atoms with Crippen LogP contribution in [0.25, 0.3) is 11.2 Å². The van der Waals surface area contributed by atoms with E-state index < -0.39 is 11.7 Å². The summed E-state index contributed by atoms with van der Waals surface area (Å²) in [6.07, 6.45) is 4.41. The lowest BCUT2D eigenvalue weighted by molar-refractivity contribution is -0.137. The van der Waals surface area contributed by atoms with Gasteiger partial charge < -0.3 is 16.4 Å². The zero-order valence-corrected chi connectivity index (χ0v) is 19.2. The van der Waals surface area contributed by atoms with Gasteiger partial charge in [0.15, 0.2) is 5.65 Å². The SMILES string of the molecule is CC1(Nc2ncc3nc(Nc4cccc(C(F)(F)F)c4)n([C@H]4CC[C@@H](CN)CC4)c3n2)CCC1. The van der Waals surface area contributed by atoms with E-state index in [2.05, 4.69) is 27.5 Å². The van der Waals surface area contributed by atoms with Crippen LogP contribution in [0.3, 0.4) is 0 Å². The van der Waals surface area contributed by atoms with Gasteiger partial charge in [-0.15, -0.1) is 0 Å². The molecule has 5 rings (SSSR count). The minimum atomic E-state index is -4.41. The second-order valence-electron chi connectivity index (χ2n) is 9.86. The van der Waals surface area contributed by atoms with E-state index in [0.717, 1.165) is 50.7 Å². The first-order chi connectivity index (χ1) is 16.2. The molecule has 0 spiro atoms. The summed E-state index contributed by atoms with van der Waals surface area (Å²) in [5.41, 5.74) is 6.80. The number of aromatic nitrogens is 4. The number of hydrogen-bond acceptors (Lipinski definition) is 6. The summed E-state index contributed by atoms with van der Waals surface area (Å²) < 4.78 is 41.8. The lowest BCUT2D eigenvalue weighted by atomic mass is 9.79. The molecule has 182 valence electrons. The van der Waals surface area contributed by atoms with Crippen molar-refractivity contribution < 1.29 is 13.2 Å². The molecule has 0 amide bonds. The van der Waals surface area contributed by atoms with Gasteiger partial charge in [0.05, 0.1) is 11.8 Å². The molecule has 2 heterocycles. The first-order valence-corrected chi connectivity index (χ1v) is 11.9. The molecular weight excluding hydrogens is 443 g/mol. The quantitative estimate of drug-likeness (QED) is 0.429. The van der Waals surface area contributed by atoms with Crippen LogP contribution in [0.2, 0.25) is 0 Å². The van der Waals surface area contributed by atoms with Gasteiger partial charge in [0.25, 0.3) is 0 Å². The zero-order valence-electron chi connectivity index (χ0n) is 19.2. The van der Waals surface area contributed by atoms with Crippen LogP contribution in [0.4, 0.5) is 30.8 Å². The number of fused-ring (bicyclic) bond motifs is 1. The van der Waals surface area contributed by atoms with Crippen molar-refractivity contribution in [2.75, 3.05) is 17.2 Å². The molecule has 0 unspecified atom stereocenters. The minimum Gasteiger partial charge on any atom is -0.349 e. The number of benzene rings is 1. The highest BCUT2D eigenvalue weighted by atomic mass is 19.4. The van der Waals surface area contributed by atoms with E-state index in [4.69, 9.17) is 10.7 Å². The number of alkyl halides is 3. The Kier molecular flexibility index (Phi) is 5.87. The fourth-order valence-electron chi connectivity index (χ4n) is 5.03. The molecule has 1 aromatic carbocycles. The molecule has 34 heavy (non-hydrogen) atoms. The summed E-state index contributed by atoms with van der Waals surface area (Å²) in [6.45, 7) is 2.83. The number of hydrogen-bond donors (Lipinski definition) is 3. The van der Waals surface area contributed by atoms with E-state index in [1.165, 1.54) is 12.5 Å². The summed E-state index contributed by atoms with van der Waals surface area (Å²) in [5, 5.41) is 6.58. The molecule has 7 nitrogen and oxygen atoms in total. The third-order valence-corrected chi connectivity index (χ3v) is 7.26. The predicted molar refractivity (Wildman–Crippen MR) is 126 cm³/mol. The van der Waals surface area contributed by atoms with Crippen molar-refractivity contribution in [3.05, 3.63) is 36.0 Å². The zero-order chi connectivity index (χ0) is 23.9. The van der Waals surface area contributed by atoms with Crippen molar-refractivity contribution in [3.63, 3.8) is 0 Å². The van der Waals surface area contributed by atoms with Crippen LogP contribution in [-0.2, 0) is 6.18 Å². The van der Waals surface area contributed by atoms with Crippen molar-refractivity contribution >= 4 is 28.7 Å². The Labute approximate surface area is 196 Å². The highest BCUT2D eigenvalue weighted by Crippen LogP contribution is 2.38. The molecule has 2 aliphatic carbocycles. The van der Waals surface area contributed by atoms with Crippen molar-refractivity contribution in [1.29, 1.82) is 0 Å². The molecule has 0 atom stereocenters. The summed E-state index contributed by atoms with van der Waals surface area (Å²) in [7, 11) is 0. The number of nitrogens with zero attached hydrogens (tertiary/aromatic N) is 4. The van der Waals surface area contributed by atoms with Crippen LogP contribution < -0.4 is 16.4 Å². The Hall–Kier alpha value is -2.88. The average molecular weight is 474 g/mol. The van der Waals surface area contributed by atoms with Crippen LogP contribution in [0.5, 0.6) is 0 Å². The standard InChI is InChI=1S/C24H30F3N7/c1-23(10-3-11-23)33-21-29-14-19-20(32-21)34(18-8-6-15(13-28)7-9-18)22(31-19)30-17-5-2-4-16(12-17)24(25,26)27/h2,4-5,12,14-15,18H,3,6-11,13,28H2,1H3,(H,30,31)(H,29,32,33)/t15-,18+. The maximum atomic E-state index is 13.2. The number of anilines is 3. The lowest BCUT2D eigenvalue weighted by Crippen LogP contribution is -2.42. The number of imidazole rings is 1. The Balaban J connectivity index is 1.52. The van der Waals surface area contributed by atoms with Crippen molar-refractivity contribution in [2.45, 2.75) is 69.6 Å². The largest absolute Gasteiger partial charge is 0.416 e. The van der Waals surface area contributed by atoms with Crippen molar-refractivity contribution in [2.24, 2.45) is 11.7 Å². The van der Waals surface area contributed by atoms with Gasteiger partial charge in [-0.3, -0.25) is 4.57 Å². The molecule has 10 heteroatoms. The smallest absolute Gasteiger partial charge is 0.349 e.